The van der Waals surface area contributed by atoms with Gasteiger partial charge in [-0.3, -0.25) is 14.6 Å². The summed E-state index contributed by atoms with van der Waals surface area (Å²) in [5.41, 5.74) is 9.46. The van der Waals surface area contributed by atoms with E-state index in [1.54, 1.807) is 59.1 Å². The molecule has 2 aliphatic rings. The number of rotatable bonds is 6. The average molecular weight is 593 g/mol. The van der Waals surface area contributed by atoms with Crippen LogP contribution in [0.4, 0.5) is 10.1 Å². The Labute approximate surface area is 246 Å². The van der Waals surface area contributed by atoms with Gasteiger partial charge in [0.2, 0.25) is 0 Å². The molecule has 220 valence electrons. The molecule has 0 aliphatic carbocycles. The molecule has 12 heteroatoms. The third kappa shape index (κ3) is 5.48. The minimum Gasteiger partial charge on any atom is -0.593 e. The maximum absolute atomic E-state index is 13.7. The number of furan rings is 1. The Hall–Kier alpha value is -4.26. The van der Waals surface area contributed by atoms with Crippen molar-refractivity contribution in [2.75, 3.05) is 37.7 Å². The van der Waals surface area contributed by atoms with Crippen molar-refractivity contribution in [3.8, 4) is 11.3 Å². The quantitative estimate of drug-likeness (QED) is 0.292. The molecule has 1 aromatic heterocycles. The second kappa shape index (κ2) is 11.9. The highest BCUT2D eigenvalue weighted by Gasteiger charge is 2.32. The van der Waals surface area contributed by atoms with Gasteiger partial charge in [0.05, 0.1) is 35.4 Å². The van der Waals surface area contributed by atoms with Gasteiger partial charge in [0.1, 0.15) is 23.4 Å². The van der Waals surface area contributed by atoms with Gasteiger partial charge in [0, 0.05) is 61.0 Å². The van der Waals surface area contributed by atoms with Gasteiger partial charge in [-0.05, 0) is 60.9 Å². The first-order chi connectivity index (χ1) is 20.1. The van der Waals surface area contributed by atoms with Gasteiger partial charge in [-0.2, -0.15) is 4.31 Å². The first-order valence-corrected chi connectivity index (χ1v) is 14.9. The molecule has 5 N–H and O–H groups in total. The number of hydrogen-bond acceptors (Lipinski definition) is 8. The summed E-state index contributed by atoms with van der Waals surface area (Å²) in [5.74, 6) is 5.17. The fourth-order valence-corrected chi connectivity index (χ4v) is 5.87. The van der Waals surface area contributed by atoms with Crippen molar-refractivity contribution in [2.45, 2.75) is 18.8 Å². The maximum Gasteiger partial charge on any atom is 0.255 e. The van der Waals surface area contributed by atoms with Crippen LogP contribution >= 0.6 is 0 Å². The van der Waals surface area contributed by atoms with Crippen molar-refractivity contribution in [1.29, 1.82) is 0 Å². The predicted octanol–water partition coefficient (Wildman–Crippen LogP) is 3.46. The summed E-state index contributed by atoms with van der Waals surface area (Å²) >= 11 is -1.36. The van der Waals surface area contributed by atoms with Crippen LogP contribution < -0.4 is 21.2 Å². The van der Waals surface area contributed by atoms with E-state index in [1.807, 2.05) is 6.07 Å². The SMILES string of the molecule is CNC(=O)c1c(-c2ccc(F)cc2)oc2cc(N(C)[S@+](C)[O-])c([C@H]3CCCN(C(=O)C4=C/C(=C/N)N(N)C=C4)C3)cc12. The highest BCUT2D eigenvalue weighted by molar-refractivity contribution is 7.92. The zero-order valence-corrected chi connectivity index (χ0v) is 24.4. The van der Waals surface area contributed by atoms with E-state index in [-0.39, 0.29) is 17.7 Å². The largest absolute Gasteiger partial charge is 0.593 e. The molecular formula is C30H33FN6O4S. The lowest BCUT2D eigenvalue weighted by Gasteiger charge is -2.35. The number of hydrogen-bond donors (Lipinski definition) is 3. The van der Waals surface area contributed by atoms with Gasteiger partial charge in [-0.1, -0.05) is 0 Å². The molecule has 3 aromatic rings. The number of nitrogens with one attached hydrogen (secondary N) is 1. The van der Waals surface area contributed by atoms with E-state index >= 15 is 0 Å². The molecule has 2 aromatic carbocycles. The molecule has 42 heavy (non-hydrogen) atoms. The van der Waals surface area contributed by atoms with E-state index in [1.165, 1.54) is 30.4 Å². The molecule has 0 bridgehead atoms. The van der Waals surface area contributed by atoms with E-state index < -0.39 is 17.2 Å². The van der Waals surface area contributed by atoms with E-state index in [2.05, 4.69) is 5.32 Å². The van der Waals surface area contributed by atoms with Crippen LogP contribution in [0.15, 0.2) is 76.6 Å². The monoisotopic (exact) mass is 592 g/mol. The summed E-state index contributed by atoms with van der Waals surface area (Å²) in [4.78, 5) is 28.5. The minimum absolute atomic E-state index is 0.112. The zero-order chi connectivity index (χ0) is 30.1. The molecule has 1 fully saturated rings. The Morgan fingerprint density at radius 2 is 2.00 bits per heavy atom. The molecule has 0 spiro atoms. The smallest absolute Gasteiger partial charge is 0.255 e. The number of piperidine rings is 1. The van der Waals surface area contributed by atoms with Crippen LogP contribution in [0.3, 0.4) is 0 Å². The third-order valence-corrected chi connectivity index (χ3v) is 8.67. The van der Waals surface area contributed by atoms with Gasteiger partial charge >= 0.3 is 0 Å². The fourth-order valence-electron chi connectivity index (χ4n) is 5.44. The summed E-state index contributed by atoms with van der Waals surface area (Å²) in [6.45, 7) is 0.990. The van der Waals surface area contributed by atoms with E-state index in [4.69, 9.17) is 16.0 Å². The predicted molar refractivity (Wildman–Crippen MR) is 162 cm³/mol. The van der Waals surface area contributed by atoms with Crippen molar-refractivity contribution in [1.82, 2.24) is 15.2 Å². The standard InChI is InChI=1S/C30H33FN6O4S/c1-34-29(38)27-24-14-23(20-5-4-11-36(17-20)30(39)19-10-12-37(33)22(13-19)16-32)25(35(2)42(3)40)15-26(24)41-28(27)18-6-8-21(31)9-7-18/h6-10,12-16,20H,4-5,11,17,32-33H2,1-3H3,(H,34,38)/b22-16-/t20-,42-/m0/s1. The summed E-state index contributed by atoms with van der Waals surface area (Å²) in [5, 5.41) is 4.60. The highest BCUT2D eigenvalue weighted by atomic mass is 32.2. The first kappa shape index (κ1) is 29.2. The Kier molecular flexibility index (Phi) is 8.30. The number of allylic oxidation sites excluding steroid dienone is 1. The highest BCUT2D eigenvalue weighted by Crippen LogP contribution is 2.42. The molecule has 0 unspecified atom stereocenters. The molecule has 2 aliphatic heterocycles. The number of carbonyl (C=O) groups is 2. The molecule has 2 amide bonds. The Morgan fingerprint density at radius 3 is 2.67 bits per heavy atom. The normalized spacial score (nSPS) is 18.8. The van der Waals surface area contributed by atoms with Crippen LogP contribution in [0.5, 0.6) is 0 Å². The van der Waals surface area contributed by atoms with Crippen LogP contribution in [-0.4, -0.2) is 59.7 Å². The number of carbonyl (C=O) groups excluding carboxylic acids is 2. The zero-order valence-electron chi connectivity index (χ0n) is 23.6. The van der Waals surface area contributed by atoms with Gasteiger partial charge in [0.15, 0.2) is 0 Å². The second-order valence-electron chi connectivity index (χ2n) is 10.2. The molecule has 5 rings (SSSR count). The van der Waals surface area contributed by atoms with Gasteiger partial charge in [-0.15, -0.1) is 0 Å². The topological polar surface area (TPSA) is 144 Å². The van der Waals surface area contributed by atoms with Crippen LogP contribution in [0, 0.1) is 5.82 Å². The average Bonchev–Trinajstić information content (AvgIpc) is 3.38. The number of likely N-dealkylation sites (tertiary alicyclic amines) is 1. The first-order valence-electron chi connectivity index (χ1n) is 13.4. The summed E-state index contributed by atoms with van der Waals surface area (Å²) in [7, 11) is 3.26. The van der Waals surface area contributed by atoms with Gasteiger partial charge < -0.3 is 24.9 Å². The Bertz CT molecular complexity index is 1610. The van der Waals surface area contributed by atoms with Crippen LogP contribution in [-0.2, 0) is 16.2 Å². The van der Waals surface area contributed by atoms with Crippen LogP contribution in [0.25, 0.3) is 22.3 Å². The lowest BCUT2D eigenvalue weighted by Crippen LogP contribution is -2.41. The maximum atomic E-state index is 13.7. The number of nitrogens with two attached hydrogens (primary N) is 2. The van der Waals surface area contributed by atoms with E-state index in [9.17, 15) is 18.5 Å². The summed E-state index contributed by atoms with van der Waals surface area (Å²) in [6, 6.07) is 9.42. The van der Waals surface area contributed by atoms with Gasteiger partial charge in [0.25, 0.3) is 11.8 Å². The molecule has 2 atom stereocenters. The number of amides is 2. The Morgan fingerprint density at radius 1 is 1.26 bits per heavy atom. The molecular weight excluding hydrogens is 559 g/mol. The third-order valence-electron chi connectivity index (χ3n) is 7.71. The second-order valence-corrected chi connectivity index (χ2v) is 11.6. The number of halogens is 1. The van der Waals surface area contributed by atoms with Crippen molar-refractivity contribution in [3.05, 3.63) is 89.2 Å². The van der Waals surface area contributed by atoms with Crippen molar-refractivity contribution < 1.29 is 22.9 Å². The van der Waals surface area contributed by atoms with Crippen molar-refractivity contribution in [2.24, 2.45) is 11.6 Å². The number of nitrogens with zero attached hydrogens (tertiary/aromatic N) is 3. The van der Waals surface area contributed by atoms with Crippen molar-refractivity contribution in [3.63, 3.8) is 0 Å². The minimum atomic E-state index is -1.36. The summed E-state index contributed by atoms with van der Waals surface area (Å²) < 4.78 is 34.2. The number of fused-ring (bicyclic) bond motifs is 1. The summed E-state index contributed by atoms with van der Waals surface area (Å²) in [6.07, 6.45) is 9.34. The number of hydrazine groups is 1. The lowest BCUT2D eigenvalue weighted by molar-refractivity contribution is -0.128. The molecule has 10 nitrogen and oxygen atoms in total. The molecule has 1 saturated heterocycles. The lowest BCUT2D eigenvalue weighted by atomic mass is 9.87. The Balaban J connectivity index is 1.59. The van der Waals surface area contributed by atoms with Crippen LogP contribution in [0.1, 0.15) is 34.7 Å². The van der Waals surface area contributed by atoms with E-state index in [0.29, 0.717) is 57.9 Å². The molecule has 0 radical (unpaired) electrons. The molecule has 0 saturated carbocycles. The van der Waals surface area contributed by atoms with Gasteiger partial charge in [-0.25, -0.2) is 10.2 Å². The van der Waals surface area contributed by atoms with Crippen molar-refractivity contribution >= 4 is 39.8 Å². The number of benzene rings is 2. The van der Waals surface area contributed by atoms with E-state index in [0.717, 1.165) is 18.4 Å². The number of anilines is 1. The fraction of sp³-hybridized carbons (Fsp3) is 0.267. The van der Waals surface area contributed by atoms with Crippen LogP contribution in [0.2, 0.25) is 0 Å². The molecule has 3 heterocycles.